The van der Waals surface area contributed by atoms with Crippen LogP contribution in [0.1, 0.15) is 10.4 Å². The fourth-order valence-electron chi connectivity index (χ4n) is 3.29. The fraction of sp³-hybridized carbons (Fsp3) is 0.0909. The Morgan fingerprint density at radius 1 is 0.852 bits per heavy atom. The average molecular weight is 388 g/mol. The van der Waals surface area contributed by atoms with Crippen molar-refractivity contribution in [2.24, 2.45) is 4.99 Å². The SMILES string of the molecule is c1csc(-c2ccc(C3=NCCNc4ccc(-c5ccncc5)cc43)s2)c1. The van der Waals surface area contributed by atoms with Gasteiger partial charge in [0.1, 0.15) is 0 Å². The second kappa shape index (κ2) is 7.10. The van der Waals surface area contributed by atoms with Crippen molar-refractivity contribution in [1.29, 1.82) is 0 Å². The summed E-state index contributed by atoms with van der Waals surface area (Å²) < 4.78 is 0. The Morgan fingerprint density at radius 3 is 2.59 bits per heavy atom. The number of anilines is 1. The number of aliphatic imine (C=N–C) groups is 1. The molecule has 0 unspecified atom stereocenters. The Kier molecular flexibility index (Phi) is 4.32. The molecule has 5 heteroatoms. The number of benzodiazepines with no additional fused rings is 1. The van der Waals surface area contributed by atoms with Gasteiger partial charge in [0.25, 0.3) is 0 Å². The molecule has 0 aliphatic carbocycles. The third kappa shape index (κ3) is 3.20. The topological polar surface area (TPSA) is 37.3 Å². The van der Waals surface area contributed by atoms with Gasteiger partial charge in [-0.25, -0.2) is 0 Å². The Labute approximate surface area is 166 Å². The molecule has 4 aromatic rings. The van der Waals surface area contributed by atoms with Crippen LogP contribution in [0.15, 0.2) is 77.4 Å². The summed E-state index contributed by atoms with van der Waals surface area (Å²) in [6.45, 7) is 1.63. The van der Waals surface area contributed by atoms with Crippen LogP contribution in [0, 0.1) is 0 Å². The molecule has 0 fully saturated rings. The number of hydrogen-bond donors (Lipinski definition) is 1. The van der Waals surface area contributed by atoms with Gasteiger partial charge < -0.3 is 5.32 Å². The second-order valence-electron chi connectivity index (χ2n) is 6.29. The van der Waals surface area contributed by atoms with Crippen molar-refractivity contribution in [3.63, 3.8) is 0 Å². The molecular formula is C22H17N3S2. The van der Waals surface area contributed by atoms with E-state index < -0.39 is 0 Å². The molecule has 0 bridgehead atoms. The van der Waals surface area contributed by atoms with E-state index in [0.717, 1.165) is 24.5 Å². The van der Waals surface area contributed by atoms with Gasteiger partial charge >= 0.3 is 0 Å². The van der Waals surface area contributed by atoms with Crippen molar-refractivity contribution in [2.45, 2.75) is 0 Å². The van der Waals surface area contributed by atoms with E-state index in [4.69, 9.17) is 4.99 Å². The van der Waals surface area contributed by atoms with Gasteiger partial charge in [-0.3, -0.25) is 9.98 Å². The lowest BCUT2D eigenvalue weighted by Crippen LogP contribution is -2.04. The van der Waals surface area contributed by atoms with Crippen LogP contribution in [0.2, 0.25) is 0 Å². The predicted molar refractivity (Wildman–Crippen MR) is 116 cm³/mol. The van der Waals surface area contributed by atoms with Gasteiger partial charge in [0.2, 0.25) is 0 Å². The molecule has 0 saturated carbocycles. The van der Waals surface area contributed by atoms with Crippen molar-refractivity contribution in [3.8, 4) is 20.9 Å². The lowest BCUT2D eigenvalue weighted by Gasteiger charge is -2.12. The van der Waals surface area contributed by atoms with E-state index in [-0.39, 0.29) is 0 Å². The molecule has 0 spiro atoms. The molecule has 1 aliphatic rings. The fourth-order valence-corrected chi connectivity index (χ4v) is 5.15. The summed E-state index contributed by atoms with van der Waals surface area (Å²) in [5, 5.41) is 5.64. The summed E-state index contributed by atoms with van der Waals surface area (Å²) in [5.41, 5.74) is 5.75. The Morgan fingerprint density at radius 2 is 1.74 bits per heavy atom. The summed E-state index contributed by atoms with van der Waals surface area (Å²) >= 11 is 3.59. The standard InChI is InChI=1S/C22H17N3S2/c1-2-19(26-13-1)20-5-6-21(27-20)22-17-14-16(15-7-9-23-10-8-15)3-4-18(17)24-11-12-25-22/h1-10,13-14,24H,11-12H2. The Hall–Kier alpha value is -2.76. The Balaban J connectivity index is 1.60. The van der Waals surface area contributed by atoms with E-state index >= 15 is 0 Å². The summed E-state index contributed by atoms with van der Waals surface area (Å²) in [6, 6.07) is 19.3. The molecule has 132 valence electrons. The van der Waals surface area contributed by atoms with Crippen LogP contribution >= 0.6 is 22.7 Å². The molecule has 3 nitrogen and oxygen atoms in total. The number of thiophene rings is 2. The number of aromatic nitrogens is 1. The molecule has 1 aliphatic heterocycles. The van der Waals surface area contributed by atoms with Gasteiger partial charge in [0.05, 0.1) is 17.1 Å². The maximum Gasteiger partial charge on any atom is 0.0840 e. The van der Waals surface area contributed by atoms with Gasteiger partial charge in [-0.05, 0) is 59.0 Å². The minimum absolute atomic E-state index is 0.779. The number of nitrogens with zero attached hydrogens (tertiary/aromatic N) is 2. The maximum atomic E-state index is 4.92. The zero-order valence-electron chi connectivity index (χ0n) is 14.6. The van der Waals surface area contributed by atoms with Crippen LogP contribution in [-0.2, 0) is 0 Å². The lowest BCUT2D eigenvalue weighted by molar-refractivity contribution is 1.04. The molecule has 1 N–H and O–H groups in total. The number of fused-ring (bicyclic) bond motifs is 1. The molecule has 1 aromatic carbocycles. The van der Waals surface area contributed by atoms with E-state index in [2.05, 4.69) is 58.1 Å². The maximum absolute atomic E-state index is 4.92. The predicted octanol–water partition coefficient (Wildman–Crippen LogP) is 5.80. The highest BCUT2D eigenvalue weighted by atomic mass is 32.1. The van der Waals surface area contributed by atoms with Gasteiger partial charge in [-0.1, -0.05) is 12.1 Å². The molecule has 0 atom stereocenters. The van der Waals surface area contributed by atoms with Crippen molar-refractivity contribution < 1.29 is 0 Å². The van der Waals surface area contributed by atoms with Crippen molar-refractivity contribution in [1.82, 2.24) is 4.98 Å². The molecule has 0 saturated heterocycles. The molecule has 3 aromatic heterocycles. The molecule has 5 rings (SSSR count). The number of hydrogen-bond acceptors (Lipinski definition) is 5. The van der Waals surface area contributed by atoms with Gasteiger partial charge in [0.15, 0.2) is 0 Å². The molecule has 4 heterocycles. The van der Waals surface area contributed by atoms with Crippen LogP contribution in [0.4, 0.5) is 5.69 Å². The van der Waals surface area contributed by atoms with Crippen LogP contribution in [0.5, 0.6) is 0 Å². The first kappa shape index (κ1) is 16.4. The second-order valence-corrected chi connectivity index (χ2v) is 8.33. The minimum Gasteiger partial charge on any atom is -0.383 e. The van der Waals surface area contributed by atoms with Gasteiger partial charge in [-0.2, -0.15) is 0 Å². The van der Waals surface area contributed by atoms with E-state index in [9.17, 15) is 0 Å². The average Bonchev–Trinajstić information content (AvgIpc) is 3.37. The van der Waals surface area contributed by atoms with E-state index in [0.29, 0.717) is 0 Å². The summed E-state index contributed by atoms with van der Waals surface area (Å²) in [6.07, 6.45) is 3.67. The first-order valence-electron chi connectivity index (χ1n) is 8.86. The van der Waals surface area contributed by atoms with Crippen molar-refractivity contribution in [3.05, 3.63) is 82.8 Å². The van der Waals surface area contributed by atoms with E-state index in [1.165, 1.54) is 31.3 Å². The highest BCUT2D eigenvalue weighted by Crippen LogP contribution is 2.35. The molecule has 27 heavy (non-hydrogen) atoms. The van der Waals surface area contributed by atoms with Crippen LogP contribution in [0.25, 0.3) is 20.9 Å². The first-order chi connectivity index (χ1) is 13.4. The highest BCUT2D eigenvalue weighted by Gasteiger charge is 2.18. The van der Waals surface area contributed by atoms with Crippen LogP contribution in [-0.4, -0.2) is 23.8 Å². The summed E-state index contributed by atoms with van der Waals surface area (Å²) in [4.78, 5) is 12.9. The largest absolute Gasteiger partial charge is 0.383 e. The quantitative estimate of drug-likeness (QED) is 0.482. The first-order valence-corrected chi connectivity index (χ1v) is 10.6. The smallest absolute Gasteiger partial charge is 0.0840 e. The lowest BCUT2D eigenvalue weighted by atomic mass is 9.99. The third-order valence-corrected chi connectivity index (χ3v) is 6.75. The zero-order valence-corrected chi connectivity index (χ0v) is 16.2. The minimum atomic E-state index is 0.779. The van der Waals surface area contributed by atoms with Crippen molar-refractivity contribution >= 4 is 34.1 Å². The number of benzene rings is 1. The van der Waals surface area contributed by atoms with E-state index in [1.807, 2.05) is 35.9 Å². The summed E-state index contributed by atoms with van der Waals surface area (Å²) in [5.74, 6) is 0. The monoisotopic (exact) mass is 387 g/mol. The third-order valence-electron chi connectivity index (χ3n) is 4.59. The Bertz CT molecular complexity index is 1100. The number of rotatable bonds is 3. The van der Waals surface area contributed by atoms with Gasteiger partial charge in [-0.15, -0.1) is 22.7 Å². The normalized spacial score (nSPS) is 13.4. The van der Waals surface area contributed by atoms with Crippen LogP contribution in [0.3, 0.4) is 0 Å². The molecule has 0 radical (unpaired) electrons. The highest BCUT2D eigenvalue weighted by molar-refractivity contribution is 7.22. The van der Waals surface area contributed by atoms with Crippen molar-refractivity contribution in [2.75, 3.05) is 18.4 Å². The number of nitrogens with one attached hydrogen (secondary N) is 1. The molecular weight excluding hydrogens is 370 g/mol. The molecule has 0 amide bonds. The zero-order chi connectivity index (χ0) is 18.1. The summed E-state index contributed by atoms with van der Waals surface area (Å²) in [7, 11) is 0. The number of pyridine rings is 1. The van der Waals surface area contributed by atoms with Gasteiger partial charge in [0, 0.05) is 39.9 Å². The van der Waals surface area contributed by atoms with Crippen LogP contribution < -0.4 is 5.32 Å². The van der Waals surface area contributed by atoms with E-state index in [1.54, 1.807) is 11.3 Å².